The molecular weight excluding hydrogens is 392 g/mol. The molecule has 0 atom stereocenters. The van der Waals surface area contributed by atoms with Gasteiger partial charge < -0.3 is 10.0 Å². The monoisotopic (exact) mass is 412 g/mol. The lowest BCUT2D eigenvalue weighted by Crippen LogP contribution is -2.38. The average molecular weight is 413 g/mol. The van der Waals surface area contributed by atoms with Gasteiger partial charge >= 0.3 is 5.97 Å². The van der Waals surface area contributed by atoms with Crippen LogP contribution in [0.5, 0.6) is 0 Å². The number of rotatable bonds is 5. The lowest BCUT2D eigenvalue weighted by atomic mass is 9.97. The van der Waals surface area contributed by atoms with Gasteiger partial charge in [-0.1, -0.05) is 24.3 Å². The standard InChI is InChI=1S/C21H20N2O3S2/c24-19(13-27-17-7-3-1-5-15(17)21(25)26)23-11-9-14(10-12-23)20-22-16-6-2-4-8-18(16)28-20/h1-8,14H,9-13H2,(H,25,26). The molecule has 0 radical (unpaired) electrons. The van der Waals surface area contributed by atoms with Gasteiger partial charge in [0, 0.05) is 23.9 Å². The van der Waals surface area contributed by atoms with Crippen LogP contribution in [-0.2, 0) is 4.79 Å². The fourth-order valence-corrected chi connectivity index (χ4v) is 5.52. The zero-order valence-corrected chi connectivity index (χ0v) is 16.8. The number of para-hydroxylation sites is 1. The van der Waals surface area contributed by atoms with E-state index in [-0.39, 0.29) is 17.2 Å². The molecule has 0 spiro atoms. The van der Waals surface area contributed by atoms with Gasteiger partial charge in [0.2, 0.25) is 5.91 Å². The first-order valence-electron chi connectivity index (χ1n) is 9.20. The van der Waals surface area contributed by atoms with Crippen LogP contribution in [0.3, 0.4) is 0 Å². The number of amides is 1. The summed E-state index contributed by atoms with van der Waals surface area (Å²) in [5.74, 6) is -0.238. The molecule has 1 N–H and O–H groups in total. The number of thioether (sulfide) groups is 1. The molecule has 1 aliphatic rings. The second-order valence-corrected chi connectivity index (χ2v) is 8.84. The van der Waals surface area contributed by atoms with Gasteiger partial charge in [0.05, 0.1) is 26.5 Å². The van der Waals surface area contributed by atoms with Gasteiger partial charge in [0.25, 0.3) is 0 Å². The molecule has 1 aromatic heterocycles. The van der Waals surface area contributed by atoms with Crippen LogP contribution in [0.1, 0.15) is 34.1 Å². The fourth-order valence-electron chi connectivity index (χ4n) is 3.44. The molecule has 1 aliphatic heterocycles. The molecular formula is C21H20N2O3S2. The van der Waals surface area contributed by atoms with Crippen molar-refractivity contribution in [3.8, 4) is 0 Å². The zero-order valence-electron chi connectivity index (χ0n) is 15.2. The lowest BCUT2D eigenvalue weighted by molar-refractivity contribution is -0.129. The Labute approximate surface area is 171 Å². The van der Waals surface area contributed by atoms with Crippen molar-refractivity contribution >= 4 is 45.2 Å². The number of fused-ring (bicyclic) bond motifs is 1. The van der Waals surface area contributed by atoms with E-state index in [4.69, 9.17) is 4.98 Å². The summed E-state index contributed by atoms with van der Waals surface area (Å²) in [5, 5.41) is 10.4. The highest BCUT2D eigenvalue weighted by Crippen LogP contribution is 2.34. The van der Waals surface area contributed by atoms with E-state index in [1.807, 2.05) is 23.1 Å². The Kier molecular flexibility index (Phi) is 5.64. The van der Waals surface area contributed by atoms with E-state index in [0.717, 1.165) is 36.5 Å². The van der Waals surface area contributed by atoms with E-state index in [1.54, 1.807) is 35.6 Å². The number of thiazole rings is 1. The summed E-state index contributed by atoms with van der Waals surface area (Å²) < 4.78 is 1.21. The molecule has 0 aliphatic carbocycles. The SMILES string of the molecule is O=C(O)c1ccccc1SCC(=O)N1CCC(c2nc3ccccc3s2)CC1. The highest BCUT2D eigenvalue weighted by atomic mass is 32.2. The van der Waals surface area contributed by atoms with Crippen molar-refractivity contribution < 1.29 is 14.7 Å². The first kappa shape index (κ1) is 19.0. The first-order chi connectivity index (χ1) is 13.6. The van der Waals surface area contributed by atoms with Crippen LogP contribution in [0.25, 0.3) is 10.2 Å². The second-order valence-electron chi connectivity index (χ2n) is 6.76. The number of carbonyl (C=O) groups excluding carboxylic acids is 1. The molecule has 144 valence electrons. The van der Waals surface area contributed by atoms with Crippen LogP contribution in [0, 0.1) is 0 Å². The minimum atomic E-state index is -0.966. The summed E-state index contributed by atoms with van der Waals surface area (Å²) >= 11 is 3.05. The minimum absolute atomic E-state index is 0.0629. The van der Waals surface area contributed by atoms with Gasteiger partial charge in [-0.15, -0.1) is 23.1 Å². The van der Waals surface area contributed by atoms with E-state index in [0.29, 0.717) is 10.8 Å². The van der Waals surface area contributed by atoms with Crippen molar-refractivity contribution in [2.24, 2.45) is 0 Å². The lowest BCUT2D eigenvalue weighted by Gasteiger charge is -2.31. The second kappa shape index (κ2) is 8.32. The van der Waals surface area contributed by atoms with Crippen LogP contribution in [0.4, 0.5) is 0 Å². The number of piperidine rings is 1. The molecule has 1 saturated heterocycles. The summed E-state index contributed by atoms with van der Waals surface area (Å²) in [7, 11) is 0. The average Bonchev–Trinajstić information content (AvgIpc) is 3.16. The summed E-state index contributed by atoms with van der Waals surface area (Å²) in [5.41, 5.74) is 1.30. The van der Waals surface area contributed by atoms with E-state index >= 15 is 0 Å². The van der Waals surface area contributed by atoms with E-state index < -0.39 is 5.97 Å². The molecule has 0 saturated carbocycles. The summed E-state index contributed by atoms with van der Waals surface area (Å²) in [6.45, 7) is 1.45. The molecule has 7 heteroatoms. The smallest absolute Gasteiger partial charge is 0.336 e. The van der Waals surface area contributed by atoms with Gasteiger partial charge in [-0.05, 0) is 37.1 Å². The van der Waals surface area contributed by atoms with Crippen molar-refractivity contribution in [2.75, 3.05) is 18.8 Å². The number of benzene rings is 2. The van der Waals surface area contributed by atoms with Gasteiger partial charge in [0.1, 0.15) is 0 Å². The number of carboxylic acid groups (broad SMARTS) is 1. The Morgan fingerprint density at radius 1 is 1.11 bits per heavy atom. The third-order valence-electron chi connectivity index (χ3n) is 4.98. The highest BCUT2D eigenvalue weighted by Gasteiger charge is 2.26. The third-order valence-corrected chi connectivity index (χ3v) is 7.23. The summed E-state index contributed by atoms with van der Waals surface area (Å²) in [6.07, 6.45) is 1.84. The molecule has 1 amide bonds. The predicted octanol–water partition coefficient (Wildman–Crippen LogP) is 4.49. The molecule has 2 heterocycles. The number of nitrogens with zero attached hydrogens (tertiary/aromatic N) is 2. The fraction of sp³-hybridized carbons (Fsp3) is 0.286. The van der Waals surface area contributed by atoms with Crippen molar-refractivity contribution in [3.63, 3.8) is 0 Å². The maximum absolute atomic E-state index is 12.6. The van der Waals surface area contributed by atoms with E-state index in [9.17, 15) is 14.7 Å². The predicted molar refractivity (Wildman–Crippen MR) is 112 cm³/mol. The summed E-state index contributed by atoms with van der Waals surface area (Å²) in [6, 6.07) is 15.0. The minimum Gasteiger partial charge on any atom is -0.478 e. The van der Waals surface area contributed by atoms with Crippen LogP contribution >= 0.6 is 23.1 Å². The Morgan fingerprint density at radius 3 is 2.57 bits per heavy atom. The molecule has 0 bridgehead atoms. The summed E-state index contributed by atoms with van der Waals surface area (Å²) in [4.78, 5) is 31.2. The Hall–Kier alpha value is -2.38. The van der Waals surface area contributed by atoms with Crippen LogP contribution in [0.2, 0.25) is 0 Å². The molecule has 4 rings (SSSR count). The van der Waals surface area contributed by atoms with Gasteiger partial charge in [0.15, 0.2) is 0 Å². The van der Waals surface area contributed by atoms with Crippen LogP contribution in [0.15, 0.2) is 53.4 Å². The Morgan fingerprint density at radius 2 is 1.82 bits per heavy atom. The molecule has 2 aromatic carbocycles. The Balaban J connectivity index is 1.33. The van der Waals surface area contributed by atoms with Crippen molar-refractivity contribution in [3.05, 3.63) is 59.1 Å². The number of hydrogen-bond acceptors (Lipinski definition) is 5. The molecule has 3 aromatic rings. The van der Waals surface area contributed by atoms with Crippen molar-refractivity contribution in [1.82, 2.24) is 9.88 Å². The molecule has 1 fully saturated rings. The largest absolute Gasteiger partial charge is 0.478 e. The topological polar surface area (TPSA) is 70.5 Å². The maximum atomic E-state index is 12.6. The number of aromatic carboxylic acids is 1. The molecule has 0 unspecified atom stereocenters. The third kappa shape index (κ3) is 4.05. The Bertz CT molecular complexity index is 977. The quantitative estimate of drug-likeness (QED) is 0.625. The highest BCUT2D eigenvalue weighted by molar-refractivity contribution is 8.00. The van der Waals surface area contributed by atoms with Crippen LogP contribution in [-0.4, -0.2) is 45.7 Å². The molecule has 28 heavy (non-hydrogen) atoms. The number of hydrogen-bond donors (Lipinski definition) is 1. The number of carboxylic acids is 1. The van der Waals surface area contributed by atoms with E-state index in [2.05, 4.69) is 6.07 Å². The number of likely N-dealkylation sites (tertiary alicyclic amines) is 1. The van der Waals surface area contributed by atoms with Gasteiger partial charge in [-0.2, -0.15) is 0 Å². The number of aromatic nitrogens is 1. The number of carbonyl (C=O) groups is 2. The maximum Gasteiger partial charge on any atom is 0.336 e. The van der Waals surface area contributed by atoms with Crippen molar-refractivity contribution in [2.45, 2.75) is 23.7 Å². The van der Waals surface area contributed by atoms with Crippen molar-refractivity contribution in [1.29, 1.82) is 0 Å². The van der Waals surface area contributed by atoms with Crippen LogP contribution < -0.4 is 0 Å². The normalized spacial score (nSPS) is 15.1. The van der Waals surface area contributed by atoms with E-state index in [1.165, 1.54) is 16.5 Å². The molecule has 5 nitrogen and oxygen atoms in total. The zero-order chi connectivity index (χ0) is 19.5. The van der Waals surface area contributed by atoms with Gasteiger partial charge in [-0.3, -0.25) is 4.79 Å². The first-order valence-corrected chi connectivity index (χ1v) is 11.0. The van der Waals surface area contributed by atoms with Gasteiger partial charge in [-0.25, -0.2) is 9.78 Å².